The normalized spacial score (nSPS) is 11.8. The fraction of sp³-hybridized carbons (Fsp3) is 0.571. The second-order valence-corrected chi connectivity index (χ2v) is 5.41. The van der Waals surface area contributed by atoms with E-state index in [-0.39, 0.29) is 17.8 Å². The number of nitrogens with zero attached hydrogens (tertiary/aromatic N) is 2. The Labute approximate surface area is 129 Å². The molecule has 7 heteroatoms. The van der Waals surface area contributed by atoms with E-state index in [0.29, 0.717) is 17.3 Å². The first-order valence-electron chi connectivity index (χ1n) is 6.80. The van der Waals surface area contributed by atoms with Crippen LogP contribution in [0.15, 0.2) is 17.6 Å². The second-order valence-electron chi connectivity index (χ2n) is 4.63. The number of carbonyl (C=O) groups is 2. The molecule has 0 fully saturated rings. The van der Waals surface area contributed by atoms with Crippen LogP contribution < -0.4 is 5.32 Å². The Morgan fingerprint density at radius 2 is 2.00 bits per heavy atom. The highest BCUT2D eigenvalue weighted by Gasteiger charge is 2.12. The Balaban J connectivity index is 2.23. The summed E-state index contributed by atoms with van der Waals surface area (Å²) >= 11 is 1.43. The van der Waals surface area contributed by atoms with Gasteiger partial charge in [0.15, 0.2) is 5.16 Å². The van der Waals surface area contributed by atoms with Crippen LogP contribution in [0.4, 0.5) is 0 Å². The molecule has 116 valence electrons. The molecule has 1 aromatic rings. The third-order valence-corrected chi connectivity index (χ3v) is 3.60. The standard InChI is InChI=1S/C14H21N3O3S/c1-10(13(19)20-2)6-4-5-7-15-12(18)11-8-16-14(21-3)17-9-11/h8-10H,4-7H2,1-3H3,(H,15,18). The van der Waals surface area contributed by atoms with Crippen molar-refractivity contribution in [2.75, 3.05) is 19.9 Å². The van der Waals surface area contributed by atoms with Gasteiger partial charge in [0, 0.05) is 18.9 Å². The lowest BCUT2D eigenvalue weighted by atomic mass is 10.0. The van der Waals surface area contributed by atoms with Gasteiger partial charge in [0.1, 0.15) is 0 Å². The lowest BCUT2D eigenvalue weighted by molar-refractivity contribution is -0.145. The molecule has 0 aliphatic rings. The van der Waals surface area contributed by atoms with Crippen molar-refractivity contribution in [3.63, 3.8) is 0 Å². The van der Waals surface area contributed by atoms with Crippen LogP contribution in [0.2, 0.25) is 0 Å². The smallest absolute Gasteiger partial charge is 0.308 e. The molecule has 0 saturated heterocycles. The van der Waals surface area contributed by atoms with Gasteiger partial charge in [-0.2, -0.15) is 0 Å². The van der Waals surface area contributed by atoms with Gasteiger partial charge in [-0.15, -0.1) is 0 Å². The average molecular weight is 311 g/mol. The first-order chi connectivity index (χ1) is 10.1. The summed E-state index contributed by atoms with van der Waals surface area (Å²) in [6.07, 6.45) is 7.36. The predicted molar refractivity (Wildman–Crippen MR) is 81.2 cm³/mol. The van der Waals surface area contributed by atoms with Crippen LogP contribution in [-0.4, -0.2) is 41.8 Å². The molecule has 0 aliphatic carbocycles. The molecule has 0 saturated carbocycles. The highest BCUT2D eigenvalue weighted by atomic mass is 32.2. The molecular formula is C14H21N3O3S. The summed E-state index contributed by atoms with van der Waals surface area (Å²) in [6, 6.07) is 0. The highest BCUT2D eigenvalue weighted by molar-refractivity contribution is 7.98. The lowest BCUT2D eigenvalue weighted by Gasteiger charge is -2.09. The van der Waals surface area contributed by atoms with Crippen LogP contribution in [0.3, 0.4) is 0 Å². The van der Waals surface area contributed by atoms with Crippen LogP contribution in [0.5, 0.6) is 0 Å². The van der Waals surface area contributed by atoms with Crippen molar-refractivity contribution in [2.24, 2.45) is 5.92 Å². The lowest BCUT2D eigenvalue weighted by Crippen LogP contribution is -2.25. The molecule has 1 aromatic heterocycles. The van der Waals surface area contributed by atoms with Crippen molar-refractivity contribution in [2.45, 2.75) is 31.3 Å². The van der Waals surface area contributed by atoms with Gasteiger partial charge < -0.3 is 10.1 Å². The zero-order valence-corrected chi connectivity index (χ0v) is 13.4. The molecule has 1 N–H and O–H groups in total. The monoisotopic (exact) mass is 311 g/mol. The second kappa shape index (κ2) is 9.33. The van der Waals surface area contributed by atoms with Gasteiger partial charge >= 0.3 is 5.97 Å². The summed E-state index contributed by atoms with van der Waals surface area (Å²) in [5.74, 6) is -0.466. The van der Waals surface area contributed by atoms with E-state index in [4.69, 9.17) is 0 Å². The minimum Gasteiger partial charge on any atom is -0.469 e. The minimum atomic E-state index is -0.190. The Morgan fingerprint density at radius 3 is 2.57 bits per heavy atom. The number of aromatic nitrogens is 2. The van der Waals surface area contributed by atoms with E-state index in [2.05, 4.69) is 20.0 Å². The number of thioether (sulfide) groups is 1. The number of carbonyl (C=O) groups excluding carboxylic acids is 2. The molecular weight excluding hydrogens is 290 g/mol. The maximum absolute atomic E-state index is 11.8. The van der Waals surface area contributed by atoms with Crippen molar-refractivity contribution in [3.8, 4) is 0 Å². The number of hydrogen-bond acceptors (Lipinski definition) is 6. The van der Waals surface area contributed by atoms with Gasteiger partial charge in [-0.1, -0.05) is 25.1 Å². The molecule has 0 radical (unpaired) electrons. The fourth-order valence-corrected chi connectivity index (χ4v) is 2.05. The number of methoxy groups -OCH3 is 1. The van der Waals surface area contributed by atoms with Crippen LogP contribution in [-0.2, 0) is 9.53 Å². The highest BCUT2D eigenvalue weighted by Crippen LogP contribution is 2.09. The molecule has 1 unspecified atom stereocenters. The first-order valence-corrected chi connectivity index (χ1v) is 8.03. The number of ether oxygens (including phenoxy) is 1. The summed E-state index contributed by atoms with van der Waals surface area (Å²) in [5, 5.41) is 3.45. The summed E-state index contributed by atoms with van der Waals surface area (Å²) in [4.78, 5) is 31.1. The molecule has 0 aromatic carbocycles. The summed E-state index contributed by atoms with van der Waals surface area (Å²) in [7, 11) is 1.39. The average Bonchev–Trinajstić information content (AvgIpc) is 2.53. The zero-order chi connectivity index (χ0) is 15.7. The molecule has 1 atom stereocenters. The van der Waals surface area contributed by atoms with Crippen LogP contribution >= 0.6 is 11.8 Å². The molecule has 1 amide bonds. The quantitative estimate of drug-likeness (QED) is 0.342. The molecule has 1 heterocycles. The molecule has 0 bridgehead atoms. The van der Waals surface area contributed by atoms with E-state index in [9.17, 15) is 9.59 Å². The van der Waals surface area contributed by atoms with Crippen molar-refractivity contribution in [1.29, 1.82) is 0 Å². The van der Waals surface area contributed by atoms with Gasteiger partial charge in [-0.3, -0.25) is 9.59 Å². The van der Waals surface area contributed by atoms with Crippen LogP contribution in [0.25, 0.3) is 0 Å². The summed E-state index contributed by atoms with van der Waals surface area (Å²) < 4.78 is 4.66. The number of nitrogens with one attached hydrogen (secondary N) is 1. The summed E-state index contributed by atoms with van der Waals surface area (Å²) in [5.41, 5.74) is 0.454. The Bertz CT molecular complexity index is 465. The van der Waals surface area contributed by atoms with Crippen molar-refractivity contribution < 1.29 is 14.3 Å². The largest absolute Gasteiger partial charge is 0.469 e. The number of esters is 1. The van der Waals surface area contributed by atoms with Crippen LogP contribution in [0, 0.1) is 5.92 Å². The number of unbranched alkanes of at least 4 members (excludes halogenated alkanes) is 1. The summed E-state index contributed by atoms with van der Waals surface area (Å²) in [6.45, 7) is 2.41. The zero-order valence-electron chi connectivity index (χ0n) is 12.6. The van der Waals surface area contributed by atoms with E-state index in [1.807, 2.05) is 13.2 Å². The van der Waals surface area contributed by atoms with Gasteiger partial charge in [-0.25, -0.2) is 9.97 Å². The van der Waals surface area contributed by atoms with Crippen LogP contribution in [0.1, 0.15) is 36.5 Å². The maximum Gasteiger partial charge on any atom is 0.308 e. The number of rotatable bonds is 8. The van der Waals surface area contributed by atoms with E-state index in [1.54, 1.807) is 0 Å². The Hall–Kier alpha value is -1.63. The SMILES string of the molecule is COC(=O)C(C)CCCCNC(=O)c1cnc(SC)nc1. The Kier molecular flexibility index (Phi) is 7.74. The molecule has 0 aliphatic heterocycles. The molecule has 1 rings (SSSR count). The van der Waals surface area contributed by atoms with E-state index in [1.165, 1.54) is 31.3 Å². The Morgan fingerprint density at radius 1 is 1.33 bits per heavy atom. The van der Waals surface area contributed by atoms with Crippen molar-refractivity contribution in [3.05, 3.63) is 18.0 Å². The topological polar surface area (TPSA) is 81.2 Å². The maximum atomic E-state index is 11.8. The van der Waals surface area contributed by atoms with E-state index >= 15 is 0 Å². The third kappa shape index (κ3) is 6.12. The van der Waals surface area contributed by atoms with Gasteiger partial charge in [0.25, 0.3) is 5.91 Å². The van der Waals surface area contributed by atoms with Gasteiger partial charge in [0.05, 0.1) is 18.6 Å². The first kappa shape index (κ1) is 17.4. The fourth-order valence-electron chi connectivity index (χ4n) is 1.74. The van der Waals surface area contributed by atoms with Crippen molar-refractivity contribution >= 4 is 23.6 Å². The van der Waals surface area contributed by atoms with E-state index in [0.717, 1.165) is 19.3 Å². The molecule has 0 spiro atoms. The third-order valence-electron chi connectivity index (χ3n) is 3.03. The van der Waals surface area contributed by atoms with Gasteiger partial charge in [-0.05, 0) is 19.1 Å². The van der Waals surface area contributed by atoms with Gasteiger partial charge in [0.2, 0.25) is 0 Å². The molecule has 21 heavy (non-hydrogen) atoms. The minimum absolute atomic E-state index is 0.0989. The van der Waals surface area contributed by atoms with E-state index < -0.39 is 0 Å². The predicted octanol–water partition coefficient (Wildman–Crippen LogP) is 1.91. The molecule has 6 nitrogen and oxygen atoms in total. The number of hydrogen-bond donors (Lipinski definition) is 1. The number of amides is 1. The van der Waals surface area contributed by atoms with Crippen molar-refractivity contribution in [1.82, 2.24) is 15.3 Å².